The van der Waals surface area contributed by atoms with Crippen molar-refractivity contribution in [2.75, 3.05) is 19.4 Å². The molecule has 35 heavy (non-hydrogen) atoms. The summed E-state index contributed by atoms with van der Waals surface area (Å²) in [6.45, 7) is 4.89. The molecule has 0 bridgehead atoms. The molecule has 0 saturated heterocycles. The zero-order valence-corrected chi connectivity index (χ0v) is 21.2. The Morgan fingerprint density at radius 2 is 1.86 bits per heavy atom. The van der Waals surface area contributed by atoms with Crippen molar-refractivity contribution in [1.29, 1.82) is 0 Å². The molecule has 1 saturated carbocycles. The molecule has 3 heterocycles. The highest BCUT2D eigenvalue weighted by Crippen LogP contribution is 2.33. The summed E-state index contributed by atoms with van der Waals surface area (Å²) in [4.78, 5) is 26.8. The molecule has 1 aliphatic rings. The maximum atomic E-state index is 13.2. The fourth-order valence-electron chi connectivity index (χ4n) is 4.65. The van der Waals surface area contributed by atoms with E-state index in [0.29, 0.717) is 29.8 Å². The van der Waals surface area contributed by atoms with E-state index in [4.69, 9.17) is 0 Å². The van der Waals surface area contributed by atoms with E-state index in [1.54, 1.807) is 24.8 Å². The fourth-order valence-corrected chi connectivity index (χ4v) is 4.65. The van der Waals surface area contributed by atoms with Gasteiger partial charge in [0.05, 0.1) is 11.9 Å². The smallest absolute Gasteiger partial charge is 0.273 e. The third-order valence-electron chi connectivity index (χ3n) is 6.50. The summed E-state index contributed by atoms with van der Waals surface area (Å²) < 4.78 is 3.58. The van der Waals surface area contributed by atoms with Crippen molar-refractivity contribution in [3.8, 4) is 11.1 Å². The van der Waals surface area contributed by atoms with E-state index < -0.39 is 0 Å². The first-order chi connectivity index (χ1) is 16.7. The van der Waals surface area contributed by atoms with Crippen LogP contribution in [0.5, 0.6) is 0 Å². The molecule has 0 aliphatic heterocycles. The largest absolute Gasteiger partial charge is 0.378 e. The van der Waals surface area contributed by atoms with Gasteiger partial charge in [0, 0.05) is 63.2 Å². The normalized spacial score (nSPS) is 18.0. The van der Waals surface area contributed by atoms with Gasteiger partial charge in [-0.15, -0.1) is 5.10 Å². The lowest BCUT2D eigenvalue weighted by Gasteiger charge is -2.29. The molecule has 186 valence electrons. The lowest BCUT2D eigenvalue weighted by molar-refractivity contribution is 0.0820. The summed E-state index contributed by atoms with van der Waals surface area (Å²) in [5, 5.41) is 16.3. The van der Waals surface area contributed by atoms with Crippen LogP contribution >= 0.6 is 0 Å². The number of nitrogens with zero attached hydrogens (tertiary/aromatic N) is 6. The summed E-state index contributed by atoms with van der Waals surface area (Å²) in [6, 6.07) is 5.85. The second-order valence-corrected chi connectivity index (χ2v) is 10.1. The van der Waals surface area contributed by atoms with Crippen LogP contribution in [0.25, 0.3) is 11.1 Å². The van der Waals surface area contributed by atoms with E-state index in [0.717, 1.165) is 42.5 Å². The quantitative estimate of drug-likeness (QED) is 0.559. The minimum absolute atomic E-state index is 0.0143. The molecule has 1 fully saturated rings. The van der Waals surface area contributed by atoms with Crippen molar-refractivity contribution in [2.24, 2.45) is 13.0 Å². The van der Waals surface area contributed by atoms with Crippen LogP contribution in [-0.2, 0) is 13.6 Å². The average Bonchev–Trinajstić information content (AvgIpc) is 3.27. The molecular weight excluding hydrogens is 442 g/mol. The minimum Gasteiger partial charge on any atom is -0.378 e. The van der Waals surface area contributed by atoms with Crippen molar-refractivity contribution >= 4 is 11.6 Å². The van der Waals surface area contributed by atoms with E-state index in [1.165, 1.54) is 4.90 Å². The van der Waals surface area contributed by atoms with Crippen molar-refractivity contribution in [3.63, 3.8) is 0 Å². The van der Waals surface area contributed by atoms with Gasteiger partial charge in [0.15, 0.2) is 5.69 Å². The van der Waals surface area contributed by atoms with Crippen molar-refractivity contribution in [2.45, 2.75) is 58.0 Å². The molecule has 9 nitrogen and oxygen atoms in total. The Bertz CT molecular complexity index is 1220. The number of hydrogen-bond donors (Lipinski definition) is 1. The summed E-state index contributed by atoms with van der Waals surface area (Å²) in [7, 11) is 5.30. The first-order valence-corrected chi connectivity index (χ1v) is 12.3. The van der Waals surface area contributed by atoms with Crippen LogP contribution < -0.4 is 10.9 Å². The zero-order chi connectivity index (χ0) is 25.1. The third-order valence-corrected chi connectivity index (χ3v) is 6.50. The standard InChI is InChI=1S/C26H35N7O2/c1-17(2)14-33-16-19(20-13-27-32(5)15-20)12-24(26(33)35)28-21-8-6-18(7-9-21)22-10-11-23(30-29-22)25(34)31(3)4/h10-13,15-18,21,28H,6-9,14H2,1-5H3. The molecule has 4 rings (SSSR count). The first kappa shape index (κ1) is 24.6. The van der Waals surface area contributed by atoms with Crippen LogP contribution in [0, 0.1) is 5.92 Å². The van der Waals surface area contributed by atoms with E-state index in [2.05, 4.69) is 34.5 Å². The molecular formula is C26H35N7O2. The molecule has 3 aromatic rings. The molecule has 0 radical (unpaired) electrons. The minimum atomic E-state index is -0.145. The Balaban J connectivity index is 1.46. The summed E-state index contributed by atoms with van der Waals surface area (Å²) in [6.07, 6.45) is 9.51. The topological polar surface area (TPSA) is 97.9 Å². The molecule has 0 spiro atoms. The average molecular weight is 478 g/mol. The summed E-state index contributed by atoms with van der Waals surface area (Å²) in [5.41, 5.74) is 3.92. The van der Waals surface area contributed by atoms with Gasteiger partial charge < -0.3 is 14.8 Å². The fraction of sp³-hybridized carbons (Fsp3) is 0.500. The van der Waals surface area contributed by atoms with Crippen LogP contribution in [-0.4, -0.2) is 55.5 Å². The van der Waals surface area contributed by atoms with Gasteiger partial charge in [-0.1, -0.05) is 13.8 Å². The van der Waals surface area contributed by atoms with Crippen molar-refractivity contribution in [1.82, 2.24) is 29.4 Å². The predicted molar refractivity (Wildman–Crippen MR) is 136 cm³/mol. The summed E-state index contributed by atoms with van der Waals surface area (Å²) in [5.74, 6) is 0.526. The highest BCUT2D eigenvalue weighted by atomic mass is 16.2. The Hall–Kier alpha value is -3.49. The molecule has 9 heteroatoms. The Morgan fingerprint density at radius 3 is 2.43 bits per heavy atom. The predicted octanol–water partition coefficient (Wildman–Crippen LogP) is 3.53. The molecule has 1 aliphatic carbocycles. The second-order valence-electron chi connectivity index (χ2n) is 10.1. The van der Waals surface area contributed by atoms with Gasteiger partial charge in [0.2, 0.25) is 0 Å². The number of hydrogen-bond acceptors (Lipinski definition) is 6. The van der Waals surface area contributed by atoms with Gasteiger partial charge in [-0.2, -0.15) is 10.2 Å². The van der Waals surface area contributed by atoms with Crippen LogP contribution in [0.15, 0.2) is 41.6 Å². The lowest BCUT2D eigenvalue weighted by Crippen LogP contribution is -2.31. The number of aryl methyl sites for hydroxylation is 1. The van der Waals surface area contributed by atoms with Crippen LogP contribution in [0.2, 0.25) is 0 Å². The number of amides is 1. The maximum Gasteiger partial charge on any atom is 0.273 e. The maximum absolute atomic E-state index is 13.2. The lowest BCUT2D eigenvalue weighted by atomic mass is 9.84. The van der Waals surface area contributed by atoms with Gasteiger partial charge in [-0.05, 0) is 49.8 Å². The molecule has 3 aromatic heterocycles. The number of nitrogens with one attached hydrogen (secondary N) is 1. The van der Waals surface area contributed by atoms with Gasteiger partial charge in [0.1, 0.15) is 5.69 Å². The van der Waals surface area contributed by atoms with Crippen LogP contribution in [0.1, 0.15) is 61.6 Å². The van der Waals surface area contributed by atoms with Gasteiger partial charge >= 0.3 is 0 Å². The Kier molecular flexibility index (Phi) is 7.33. The van der Waals surface area contributed by atoms with E-state index >= 15 is 0 Å². The van der Waals surface area contributed by atoms with Crippen LogP contribution in [0.4, 0.5) is 5.69 Å². The number of carbonyl (C=O) groups is 1. The van der Waals surface area contributed by atoms with Gasteiger partial charge in [-0.3, -0.25) is 14.3 Å². The van der Waals surface area contributed by atoms with Gasteiger partial charge in [-0.25, -0.2) is 0 Å². The van der Waals surface area contributed by atoms with E-state index in [-0.39, 0.29) is 17.5 Å². The Morgan fingerprint density at radius 1 is 1.11 bits per heavy atom. The summed E-state index contributed by atoms with van der Waals surface area (Å²) >= 11 is 0. The van der Waals surface area contributed by atoms with E-state index in [9.17, 15) is 9.59 Å². The highest BCUT2D eigenvalue weighted by molar-refractivity contribution is 5.91. The van der Waals surface area contributed by atoms with E-state index in [1.807, 2.05) is 42.3 Å². The number of aromatic nitrogens is 5. The van der Waals surface area contributed by atoms with Crippen molar-refractivity contribution < 1.29 is 4.79 Å². The number of anilines is 1. The highest BCUT2D eigenvalue weighted by Gasteiger charge is 2.25. The monoisotopic (exact) mass is 477 g/mol. The van der Waals surface area contributed by atoms with Crippen LogP contribution in [0.3, 0.4) is 0 Å². The SMILES string of the molecule is CC(C)Cn1cc(-c2cnn(C)c2)cc(NC2CCC(c3ccc(C(=O)N(C)C)nn3)CC2)c1=O. The van der Waals surface area contributed by atoms with Gasteiger partial charge in [0.25, 0.3) is 11.5 Å². The third kappa shape index (κ3) is 5.78. The molecule has 1 amide bonds. The Labute approximate surface area is 206 Å². The second kappa shape index (κ2) is 10.4. The molecule has 0 atom stereocenters. The number of pyridine rings is 1. The zero-order valence-electron chi connectivity index (χ0n) is 21.2. The van der Waals surface area contributed by atoms with Crippen molar-refractivity contribution in [3.05, 3.63) is 58.5 Å². The first-order valence-electron chi connectivity index (χ1n) is 12.3. The molecule has 1 N–H and O–H groups in total. The number of rotatable bonds is 7. The molecule has 0 unspecified atom stereocenters. The number of carbonyl (C=O) groups excluding carboxylic acids is 1. The molecule has 0 aromatic carbocycles.